The molecule has 2 fully saturated rings. The molecule has 2 aliphatic rings. The van der Waals surface area contributed by atoms with Gasteiger partial charge in [0.05, 0.1) is 18.0 Å². The van der Waals surface area contributed by atoms with Gasteiger partial charge in [-0.15, -0.1) is 0 Å². The summed E-state index contributed by atoms with van der Waals surface area (Å²) in [4.78, 5) is 2.22. The summed E-state index contributed by atoms with van der Waals surface area (Å²) in [7, 11) is -1.48. The van der Waals surface area contributed by atoms with Crippen LogP contribution in [-0.4, -0.2) is 63.1 Å². The molecule has 0 unspecified atom stereocenters. The van der Waals surface area contributed by atoms with E-state index in [9.17, 15) is 12.8 Å². The quantitative estimate of drug-likeness (QED) is 0.810. The minimum absolute atomic E-state index is 0.241. The van der Waals surface area contributed by atoms with Crippen LogP contribution in [0.4, 0.5) is 4.39 Å². The third-order valence-corrected chi connectivity index (χ3v) is 7.01. The Morgan fingerprint density at radius 3 is 2.67 bits per heavy atom. The fraction of sp³-hybridized carbons (Fsp3) is 0.625. The van der Waals surface area contributed by atoms with Gasteiger partial charge in [0.15, 0.2) is 0 Å². The molecule has 8 heteroatoms. The van der Waals surface area contributed by atoms with Gasteiger partial charge in [-0.3, -0.25) is 0 Å². The molecule has 1 aromatic rings. The van der Waals surface area contributed by atoms with Gasteiger partial charge in [0, 0.05) is 31.2 Å². The molecule has 5 nitrogen and oxygen atoms in total. The molecular weight excluding hydrogens is 355 g/mol. The van der Waals surface area contributed by atoms with Gasteiger partial charge in [-0.2, -0.15) is 0 Å². The highest BCUT2D eigenvalue weighted by molar-refractivity contribution is 7.88. The fourth-order valence-electron chi connectivity index (χ4n) is 3.45. The lowest BCUT2D eigenvalue weighted by Crippen LogP contribution is -2.56. The largest absolute Gasteiger partial charge is 0.372 e. The highest BCUT2D eigenvalue weighted by atomic mass is 35.5. The molecule has 0 N–H and O–H groups in total. The molecule has 2 heterocycles. The summed E-state index contributed by atoms with van der Waals surface area (Å²) in [5.74, 6) is -0.766. The Hall–Kier alpha value is -0.730. The van der Waals surface area contributed by atoms with E-state index in [1.807, 2.05) is 0 Å². The minimum Gasteiger partial charge on any atom is -0.372 e. The SMILES string of the molecule is CN1CCOC2(CCN(S(=O)(=O)Cc3cc(F)ccc3Cl)CC2)C1. The third-order valence-electron chi connectivity index (χ3n) is 4.81. The zero-order valence-corrected chi connectivity index (χ0v) is 15.2. The standard InChI is InChI=1S/C16H22ClFN2O3S/c1-19-8-9-23-16(12-19)4-6-20(7-5-16)24(21,22)11-13-10-14(18)2-3-15(13)17/h2-3,10H,4-9,11-12H2,1H3. The summed E-state index contributed by atoms with van der Waals surface area (Å²) in [6.07, 6.45) is 1.35. The lowest BCUT2D eigenvalue weighted by atomic mass is 9.90. The first kappa shape index (κ1) is 18.1. The average molecular weight is 377 g/mol. The van der Waals surface area contributed by atoms with Crippen LogP contribution in [0, 0.1) is 5.82 Å². The molecule has 0 saturated carbocycles. The molecule has 2 saturated heterocycles. The zero-order valence-electron chi connectivity index (χ0n) is 13.7. The molecule has 2 aliphatic heterocycles. The van der Waals surface area contributed by atoms with Crippen molar-refractivity contribution in [3.8, 4) is 0 Å². The van der Waals surface area contributed by atoms with Crippen LogP contribution >= 0.6 is 11.6 Å². The highest BCUT2D eigenvalue weighted by Crippen LogP contribution is 2.31. The van der Waals surface area contributed by atoms with E-state index in [0.29, 0.717) is 38.1 Å². The van der Waals surface area contributed by atoms with Crippen molar-refractivity contribution >= 4 is 21.6 Å². The molecule has 0 bridgehead atoms. The van der Waals surface area contributed by atoms with E-state index in [1.165, 1.54) is 22.5 Å². The first-order valence-corrected chi connectivity index (χ1v) is 10.0. The Balaban J connectivity index is 1.67. The molecule has 0 atom stereocenters. The van der Waals surface area contributed by atoms with E-state index in [2.05, 4.69) is 11.9 Å². The smallest absolute Gasteiger partial charge is 0.218 e. The first-order valence-electron chi connectivity index (χ1n) is 8.04. The van der Waals surface area contributed by atoms with Gasteiger partial charge in [0.2, 0.25) is 10.0 Å². The minimum atomic E-state index is -3.53. The van der Waals surface area contributed by atoms with Crippen molar-refractivity contribution in [1.29, 1.82) is 0 Å². The number of piperidine rings is 1. The number of morpholine rings is 1. The number of sulfonamides is 1. The zero-order chi connectivity index (χ0) is 17.4. The van der Waals surface area contributed by atoms with Crippen molar-refractivity contribution < 1.29 is 17.5 Å². The maximum absolute atomic E-state index is 13.4. The van der Waals surface area contributed by atoms with Gasteiger partial charge in [-0.1, -0.05) is 11.6 Å². The number of halogens is 2. The Morgan fingerprint density at radius 1 is 1.29 bits per heavy atom. The van der Waals surface area contributed by atoms with Gasteiger partial charge in [-0.25, -0.2) is 17.1 Å². The molecule has 0 aliphatic carbocycles. The molecule has 134 valence electrons. The molecule has 3 rings (SSSR count). The maximum Gasteiger partial charge on any atom is 0.218 e. The maximum atomic E-state index is 13.4. The number of nitrogens with zero attached hydrogens (tertiary/aromatic N) is 2. The van der Waals surface area contributed by atoms with Crippen LogP contribution in [0.2, 0.25) is 5.02 Å². The Kier molecular flexibility index (Phi) is 5.18. The molecule has 24 heavy (non-hydrogen) atoms. The van der Waals surface area contributed by atoms with E-state index in [1.54, 1.807) is 0 Å². The summed E-state index contributed by atoms with van der Waals surface area (Å²) >= 11 is 6.00. The second-order valence-electron chi connectivity index (χ2n) is 6.66. The van der Waals surface area contributed by atoms with Crippen molar-refractivity contribution in [2.24, 2.45) is 0 Å². The van der Waals surface area contributed by atoms with Crippen LogP contribution in [0.15, 0.2) is 18.2 Å². The first-order chi connectivity index (χ1) is 11.3. The highest BCUT2D eigenvalue weighted by Gasteiger charge is 2.41. The summed E-state index contributed by atoms with van der Waals surface area (Å²) in [5.41, 5.74) is 0.0563. The molecule has 0 amide bonds. The van der Waals surface area contributed by atoms with E-state index >= 15 is 0 Å². The predicted octanol–water partition coefficient (Wildman–Crippen LogP) is 2.11. The van der Waals surface area contributed by atoms with Crippen molar-refractivity contribution in [2.75, 3.05) is 39.8 Å². The van der Waals surface area contributed by atoms with Crippen LogP contribution in [0.25, 0.3) is 0 Å². The summed E-state index contributed by atoms with van der Waals surface area (Å²) in [5, 5.41) is 0.269. The van der Waals surface area contributed by atoms with E-state index in [-0.39, 0.29) is 16.4 Å². The van der Waals surface area contributed by atoms with Gasteiger partial charge in [0.1, 0.15) is 5.82 Å². The average Bonchev–Trinajstić information content (AvgIpc) is 2.51. The van der Waals surface area contributed by atoms with Crippen molar-refractivity contribution in [3.05, 3.63) is 34.6 Å². The van der Waals surface area contributed by atoms with Crippen LogP contribution in [0.1, 0.15) is 18.4 Å². The number of hydrogen-bond donors (Lipinski definition) is 0. The number of hydrogen-bond acceptors (Lipinski definition) is 4. The van der Waals surface area contributed by atoms with Gasteiger partial charge < -0.3 is 9.64 Å². The molecule has 1 spiro atoms. The Bertz CT molecular complexity index is 705. The number of benzene rings is 1. The number of likely N-dealkylation sites (N-methyl/N-ethyl adjacent to an activating group) is 1. The van der Waals surface area contributed by atoms with E-state index < -0.39 is 15.8 Å². The number of ether oxygens (including phenoxy) is 1. The Labute approximate surface area is 147 Å². The second-order valence-corrected chi connectivity index (χ2v) is 9.04. The van der Waals surface area contributed by atoms with Gasteiger partial charge >= 0.3 is 0 Å². The van der Waals surface area contributed by atoms with Crippen LogP contribution in [0.3, 0.4) is 0 Å². The number of rotatable bonds is 3. The monoisotopic (exact) mass is 376 g/mol. The Morgan fingerprint density at radius 2 is 2.00 bits per heavy atom. The molecular formula is C16H22ClFN2O3S. The van der Waals surface area contributed by atoms with E-state index in [4.69, 9.17) is 16.3 Å². The summed E-state index contributed by atoms with van der Waals surface area (Å²) in [6, 6.07) is 3.79. The molecule has 0 aromatic heterocycles. The fourth-order valence-corrected chi connectivity index (χ4v) is 5.27. The van der Waals surface area contributed by atoms with Crippen LogP contribution < -0.4 is 0 Å². The second kappa shape index (κ2) is 6.88. The van der Waals surface area contributed by atoms with Gasteiger partial charge in [-0.05, 0) is 43.7 Å². The van der Waals surface area contributed by atoms with Gasteiger partial charge in [0.25, 0.3) is 0 Å². The lowest BCUT2D eigenvalue weighted by Gasteiger charge is -2.46. The third kappa shape index (κ3) is 3.91. The normalized spacial score (nSPS) is 22.8. The summed E-state index contributed by atoms with van der Waals surface area (Å²) < 4.78 is 46.1. The van der Waals surface area contributed by atoms with Crippen molar-refractivity contribution in [2.45, 2.75) is 24.2 Å². The van der Waals surface area contributed by atoms with Crippen molar-refractivity contribution in [1.82, 2.24) is 9.21 Å². The summed E-state index contributed by atoms with van der Waals surface area (Å²) in [6.45, 7) is 3.26. The van der Waals surface area contributed by atoms with Crippen molar-refractivity contribution in [3.63, 3.8) is 0 Å². The predicted molar refractivity (Wildman–Crippen MR) is 91.0 cm³/mol. The van der Waals surface area contributed by atoms with Crippen LogP contribution in [-0.2, 0) is 20.5 Å². The molecule has 0 radical (unpaired) electrons. The lowest BCUT2D eigenvalue weighted by molar-refractivity contribution is -0.124. The van der Waals surface area contributed by atoms with Crippen LogP contribution in [0.5, 0.6) is 0 Å². The topological polar surface area (TPSA) is 49.9 Å². The van der Waals surface area contributed by atoms with E-state index in [0.717, 1.165) is 13.1 Å². The molecule has 1 aromatic carbocycles.